The van der Waals surface area contributed by atoms with Gasteiger partial charge in [0.25, 0.3) is 5.91 Å². The van der Waals surface area contributed by atoms with Gasteiger partial charge in [0.15, 0.2) is 11.5 Å². The maximum atomic E-state index is 12.5. The number of nitrogens with zero attached hydrogens (tertiary/aromatic N) is 1. The number of benzene rings is 2. The third kappa shape index (κ3) is 6.49. The lowest BCUT2D eigenvalue weighted by molar-refractivity contribution is -0.117. The topological polar surface area (TPSA) is 136 Å². The molecule has 2 aromatic rings. The van der Waals surface area contributed by atoms with Crippen LogP contribution in [0, 0.1) is 11.3 Å². The summed E-state index contributed by atoms with van der Waals surface area (Å²) in [5.74, 6) is -0.719. The summed E-state index contributed by atoms with van der Waals surface area (Å²) in [6.07, 6.45) is 1.64. The SMILES string of the molecule is COC(=O)c1ccc(C(=O)OC)c(N/C=C(/C#N)C(=O)NCCc2ccc(OC)c(OC)c2)c1. The molecular weight excluding hydrogens is 442 g/mol. The summed E-state index contributed by atoms with van der Waals surface area (Å²) < 4.78 is 19.9. The number of anilines is 1. The Morgan fingerprint density at radius 1 is 0.941 bits per heavy atom. The summed E-state index contributed by atoms with van der Waals surface area (Å²) in [7, 11) is 5.51. The number of hydrogen-bond acceptors (Lipinski definition) is 9. The first-order valence-corrected chi connectivity index (χ1v) is 10.0. The van der Waals surface area contributed by atoms with E-state index < -0.39 is 17.8 Å². The van der Waals surface area contributed by atoms with Crippen LogP contribution in [0.2, 0.25) is 0 Å². The zero-order valence-corrected chi connectivity index (χ0v) is 19.3. The summed E-state index contributed by atoms with van der Waals surface area (Å²) in [6.45, 7) is 0.262. The van der Waals surface area contributed by atoms with Crippen molar-refractivity contribution in [2.24, 2.45) is 0 Å². The van der Waals surface area contributed by atoms with Gasteiger partial charge in [-0.1, -0.05) is 6.07 Å². The Labute approximate surface area is 197 Å². The molecule has 0 heterocycles. The lowest BCUT2D eigenvalue weighted by Crippen LogP contribution is -2.27. The van der Waals surface area contributed by atoms with Crippen molar-refractivity contribution in [3.8, 4) is 17.6 Å². The molecule has 10 heteroatoms. The van der Waals surface area contributed by atoms with Crippen molar-refractivity contribution in [2.75, 3.05) is 40.3 Å². The molecule has 0 saturated heterocycles. The maximum Gasteiger partial charge on any atom is 0.339 e. The molecule has 0 aliphatic rings. The molecule has 0 saturated carbocycles. The van der Waals surface area contributed by atoms with Crippen LogP contribution < -0.4 is 20.1 Å². The molecule has 0 radical (unpaired) electrons. The van der Waals surface area contributed by atoms with Crippen LogP contribution in [-0.4, -0.2) is 52.8 Å². The van der Waals surface area contributed by atoms with Gasteiger partial charge < -0.3 is 29.6 Å². The third-order valence-corrected chi connectivity index (χ3v) is 4.73. The highest BCUT2D eigenvalue weighted by Gasteiger charge is 2.16. The minimum Gasteiger partial charge on any atom is -0.493 e. The number of carbonyl (C=O) groups excluding carboxylic acids is 3. The molecule has 0 bridgehead atoms. The highest BCUT2D eigenvalue weighted by molar-refractivity contribution is 6.00. The van der Waals surface area contributed by atoms with E-state index in [1.807, 2.05) is 12.1 Å². The predicted molar refractivity (Wildman–Crippen MR) is 123 cm³/mol. The Kier molecular flexibility index (Phi) is 9.46. The number of carbonyl (C=O) groups is 3. The monoisotopic (exact) mass is 467 g/mol. The normalized spacial score (nSPS) is 10.5. The first-order chi connectivity index (χ1) is 16.4. The molecule has 0 atom stereocenters. The standard InChI is InChI=1S/C24H25N3O7/c1-31-20-8-5-15(11-21(20)32-2)9-10-26-22(28)17(13-25)14-27-19-12-16(23(29)33-3)6-7-18(19)24(30)34-4/h5-8,11-12,14,27H,9-10H2,1-4H3,(H,26,28)/b17-14-. The van der Waals surface area contributed by atoms with Crippen molar-refractivity contribution in [3.05, 3.63) is 64.9 Å². The fourth-order valence-electron chi connectivity index (χ4n) is 2.95. The smallest absolute Gasteiger partial charge is 0.339 e. The Balaban J connectivity index is 2.11. The van der Waals surface area contributed by atoms with Crippen molar-refractivity contribution >= 4 is 23.5 Å². The van der Waals surface area contributed by atoms with E-state index in [0.29, 0.717) is 17.9 Å². The summed E-state index contributed by atoms with van der Waals surface area (Å²) in [5, 5.41) is 14.8. The van der Waals surface area contributed by atoms with Crippen molar-refractivity contribution in [1.82, 2.24) is 5.32 Å². The number of nitriles is 1. The first kappa shape index (κ1) is 25.7. The van der Waals surface area contributed by atoms with Crippen molar-refractivity contribution in [1.29, 1.82) is 5.26 Å². The van der Waals surface area contributed by atoms with E-state index >= 15 is 0 Å². The largest absolute Gasteiger partial charge is 0.493 e. The molecule has 0 aromatic heterocycles. The Hall–Kier alpha value is -4.52. The summed E-state index contributed by atoms with van der Waals surface area (Å²) in [5.41, 5.74) is 1.12. The zero-order valence-electron chi connectivity index (χ0n) is 19.3. The van der Waals surface area contributed by atoms with Gasteiger partial charge in [-0.05, 0) is 42.3 Å². The van der Waals surface area contributed by atoms with E-state index in [2.05, 4.69) is 15.4 Å². The number of rotatable bonds is 10. The molecule has 2 rings (SSSR count). The number of hydrogen-bond donors (Lipinski definition) is 2. The molecule has 34 heavy (non-hydrogen) atoms. The van der Waals surface area contributed by atoms with Gasteiger partial charge in [0.2, 0.25) is 0 Å². The third-order valence-electron chi connectivity index (χ3n) is 4.73. The van der Waals surface area contributed by atoms with Crippen molar-refractivity contribution < 1.29 is 33.3 Å². The van der Waals surface area contributed by atoms with E-state index in [-0.39, 0.29) is 28.9 Å². The van der Waals surface area contributed by atoms with Gasteiger partial charge in [0, 0.05) is 12.7 Å². The Morgan fingerprint density at radius 2 is 1.65 bits per heavy atom. The molecule has 2 N–H and O–H groups in total. The predicted octanol–water partition coefficient (Wildman–Crippen LogP) is 2.46. The van der Waals surface area contributed by atoms with Crippen LogP contribution in [0.25, 0.3) is 0 Å². The van der Waals surface area contributed by atoms with Gasteiger partial charge >= 0.3 is 11.9 Å². The highest BCUT2D eigenvalue weighted by atomic mass is 16.5. The second kappa shape index (κ2) is 12.5. The fourth-order valence-corrected chi connectivity index (χ4v) is 2.95. The van der Waals surface area contributed by atoms with E-state index in [9.17, 15) is 19.6 Å². The molecule has 0 aliphatic carbocycles. The van der Waals surface area contributed by atoms with Crippen LogP contribution in [-0.2, 0) is 20.7 Å². The van der Waals surface area contributed by atoms with Crippen molar-refractivity contribution in [3.63, 3.8) is 0 Å². The zero-order chi connectivity index (χ0) is 25.1. The van der Waals surface area contributed by atoms with Crippen LogP contribution in [0.3, 0.4) is 0 Å². The van der Waals surface area contributed by atoms with E-state index in [1.54, 1.807) is 19.2 Å². The lowest BCUT2D eigenvalue weighted by atomic mass is 10.1. The van der Waals surface area contributed by atoms with Gasteiger partial charge in [-0.3, -0.25) is 4.79 Å². The number of methoxy groups -OCH3 is 4. The molecule has 10 nitrogen and oxygen atoms in total. The number of esters is 2. The average molecular weight is 467 g/mol. The summed E-state index contributed by atoms with van der Waals surface area (Å²) >= 11 is 0. The minimum absolute atomic E-state index is 0.109. The fraction of sp³-hybridized carbons (Fsp3) is 0.250. The van der Waals surface area contributed by atoms with Crippen LogP contribution in [0.5, 0.6) is 11.5 Å². The van der Waals surface area contributed by atoms with Gasteiger partial charge in [-0.15, -0.1) is 0 Å². The van der Waals surface area contributed by atoms with Gasteiger partial charge in [0.1, 0.15) is 11.6 Å². The highest BCUT2D eigenvalue weighted by Crippen LogP contribution is 2.27. The van der Waals surface area contributed by atoms with Crippen LogP contribution in [0.1, 0.15) is 26.3 Å². The molecule has 178 valence electrons. The van der Waals surface area contributed by atoms with Crippen LogP contribution in [0.4, 0.5) is 5.69 Å². The number of nitrogens with one attached hydrogen (secondary N) is 2. The minimum atomic E-state index is -0.662. The van der Waals surface area contributed by atoms with Crippen molar-refractivity contribution in [2.45, 2.75) is 6.42 Å². The van der Waals surface area contributed by atoms with Gasteiger partial charge in [-0.2, -0.15) is 5.26 Å². The van der Waals surface area contributed by atoms with Gasteiger partial charge in [0.05, 0.1) is 45.3 Å². The molecule has 2 aromatic carbocycles. The summed E-state index contributed by atoms with van der Waals surface area (Å²) in [4.78, 5) is 36.3. The second-order valence-electron chi connectivity index (χ2n) is 6.75. The van der Waals surface area contributed by atoms with Gasteiger partial charge in [-0.25, -0.2) is 9.59 Å². The maximum absolute atomic E-state index is 12.5. The summed E-state index contributed by atoms with van der Waals surface area (Å²) in [6, 6.07) is 11.4. The van der Waals surface area contributed by atoms with E-state index in [0.717, 1.165) is 11.8 Å². The average Bonchev–Trinajstić information content (AvgIpc) is 2.87. The van der Waals surface area contributed by atoms with Crippen LogP contribution in [0.15, 0.2) is 48.2 Å². The Morgan fingerprint density at radius 3 is 2.26 bits per heavy atom. The molecular formula is C24H25N3O7. The molecule has 0 unspecified atom stereocenters. The number of amides is 1. The molecule has 0 fully saturated rings. The Bertz CT molecular complexity index is 1140. The van der Waals surface area contributed by atoms with E-state index in [1.165, 1.54) is 39.5 Å². The number of ether oxygens (including phenoxy) is 4. The lowest BCUT2D eigenvalue weighted by Gasteiger charge is -2.11. The van der Waals surface area contributed by atoms with E-state index in [4.69, 9.17) is 14.2 Å². The second-order valence-corrected chi connectivity index (χ2v) is 6.75. The molecule has 1 amide bonds. The first-order valence-electron chi connectivity index (χ1n) is 10.0. The molecule has 0 aliphatic heterocycles. The van der Waals surface area contributed by atoms with Crippen LogP contribution >= 0.6 is 0 Å². The quantitative estimate of drug-likeness (QED) is 0.307. The molecule has 0 spiro atoms.